The van der Waals surface area contributed by atoms with Crippen molar-refractivity contribution in [1.82, 2.24) is 5.32 Å². The number of amides is 1. The highest BCUT2D eigenvalue weighted by molar-refractivity contribution is 6.32. The van der Waals surface area contributed by atoms with Crippen molar-refractivity contribution in [3.05, 3.63) is 64.2 Å². The lowest BCUT2D eigenvalue weighted by molar-refractivity contribution is 0.0935. The van der Waals surface area contributed by atoms with Crippen molar-refractivity contribution in [3.63, 3.8) is 0 Å². The molecular formula is C18H20ClNO2. The van der Waals surface area contributed by atoms with E-state index in [0.29, 0.717) is 16.3 Å². The zero-order valence-corrected chi connectivity index (χ0v) is 13.8. The third kappa shape index (κ3) is 3.60. The SMILES string of the molecule is CC[C@H](NC(=O)c1ccc(OC)c(Cl)c1)c1ccccc1C. The first-order valence-corrected chi connectivity index (χ1v) is 7.64. The van der Waals surface area contributed by atoms with Gasteiger partial charge < -0.3 is 10.1 Å². The van der Waals surface area contributed by atoms with Crippen LogP contribution in [0.15, 0.2) is 42.5 Å². The number of halogens is 1. The average molecular weight is 318 g/mol. The Morgan fingerprint density at radius 3 is 2.59 bits per heavy atom. The van der Waals surface area contributed by atoms with Crippen molar-refractivity contribution in [3.8, 4) is 5.75 Å². The minimum absolute atomic E-state index is 0.0189. The van der Waals surface area contributed by atoms with E-state index in [9.17, 15) is 4.79 Å². The van der Waals surface area contributed by atoms with Crippen molar-refractivity contribution in [2.75, 3.05) is 7.11 Å². The van der Waals surface area contributed by atoms with E-state index in [2.05, 4.69) is 12.2 Å². The predicted molar refractivity (Wildman–Crippen MR) is 89.7 cm³/mol. The van der Waals surface area contributed by atoms with Gasteiger partial charge in [0, 0.05) is 5.56 Å². The summed E-state index contributed by atoms with van der Waals surface area (Å²) in [5, 5.41) is 3.50. The predicted octanol–water partition coefficient (Wildman–Crippen LogP) is 4.54. The number of carbonyl (C=O) groups is 1. The first kappa shape index (κ1) is 16.4. The minimum Gasteiger partial charge on any atom is -0.495 e. The Morgan fingerprint density at radius 1 is 1.27 bits per heavy atom. The molecule has 1 atom stereocenters. The van der Waals surface area contributed by atoms with Gasteiger partial charge in [-0.15, -0.1) is 0 Å². The summed E-state index contributed by atoms with van der Waals surface area (Å²) >= 11 is 6.08. The van der Waals surface area contributed by atoms with Gasteiger partial charge in [-0.3, -0.25) is 4.79 Å². The molecule has 0 aliphatic carbocycles. The van der Waals surface area contributed by atoms with Gasteiger partial charge in [0.1, 0.15) is 5.75 Å². The molecule has 0 unspecified atom stereocenters. The molecular weight excluding hydrogens is 298 g/mol. The molecule has 0 aromatic heterocycles. The summed E-state index contributed by atoms with van der Waals surface area (Å²) in [5.74, 6) is 0.420. The molecule has 0 bridgehead atoms. The number of benzene rings is 2. The molecule has 0 radical (unpaired) electrons. The van der Waals surface area contributed by atoms with Crippen LogP contribution in [0.2, 0.25) is 5.02 Å². The molecule has 116 valence electrons. The molecule has 0 saturated heterocycles. The Balaban J connectivity index is 2.19. The molecule has 0 aliphatic heterocycles. The molecule has 4 heteroatoms. The van der Waals surface area contributed by atoms with E-state index in [1.54, 1.807) is 25.3 Å². The van der Waals surface area contributed by atoms with Crippen LogP contribution in [0.5, 0.6) is 5.75 Å². The third-order valence-corrected chi connectivity index (χ3v) is 3.99. The van der Waals surface area contributed by atoms with Crippen LogP contribution < -0.4 is 10.1 Å². The lowest BCUT2D eigenvalue weighted by atomic mass is 9.99. The Kier molecular flexibility index (Phi) is 5.45. The van der Waals surface area contributed by atoms with Gasteiger partial charge in [-0.25, -0.2) is 0 Å². The zero-order valence-electron chi connectivity index (χ0n) is 13.0. The number of nitrogens with one attached hydrogen (secondary N) is 1. The van der Waals surface area contributed by atoms with Crippen molar-refractivity contribution >= 4 is 17.5 Å². The Labute approximate surface area is 136 Å². The largest absolute Gasteiger partial charge is 0.495 e. The van der Waals surface area contributed by atoms with Crippen LogP contribution in [-0.4, -0.2) is 13.0 Å². The van der Waals surface area contributed by atoms with Crippen molar-refractivity contribution in [2.24, 2.45) is 0 Å². The van der Waals surface area contributed by atoms with E-state index in [0.717, 1.165) is 12.0 Å². The van der Waals surface area contributed by atoms with Gasteiger partial charge in [0.25, 0.3) is 5.91 Å². The summed E-state index contributed by atoms with van der Waals surface area (Å²) in [6, 6.07) is 13.1. The van der Waals surface area contributed by atoms with Gasteiger partial charge in [-0.05, 0) is 42.7 Å². The summed E-state index contributed by atoms with van der Waals surface area (Å²) in [6.07, 6.45) is 0.820. The van der Waals surface area contributed by atoms with Crippen molar-refractivity contribution in [2.45, 2.75) is 26.3 Å². The number of ether oxygens (including phenoxy) is 1. The summed E-state index contributed by atoms with van der Waals surface area (Å²) in [7, 11) is 1.55. The summed E-state index contributed by atoms with van der Waals surface area (Å²) < 4.78 is 5.10. The number of hydrogen-bond donors (Lipinski definition) is 1. The maximum Gasteiger partial charge on any atom is 0.251 e. The second kappa shape index (κ2) is 7.32. The highest BCUT2D eigenvalue weighted by Gasteiger charge is 2.16. The van der Waals surface area contributed by atoms with Crippen LogP contribution >= 0.6 is 11.6 Å². The van der Waals surface area contributed by atoms with Crippen LogP contribution in [-0.2, 0) is 0 Å². The maximum absolute atomic E-state index is 12.4. The lowest BCUT2D eigenvalue weighted by Gasteiger charge is -2.19. The van der Waals surface area contributed by atoms with E-state index < -0.39 is 0 Å². The molecule has 22 heavy (non-hydrogen) atoms. The molecule has 0 spiro atoms. The number of hydrogen-bond acceptors (Lipinski definition) is 2. The zero-order chi connectivity index (χ0) is 16.1. The van der Waals surface area contributed by atoms with Gasteiger partial charge in [0.05, 0.1) is 18.2 Å². The van der Waals surface area contributed by atoms with E-state index in [4.69, 9.17) is 16.3 Å². The van der Waals surface area contributed by atoms with Crippen LogP contribution in [0.1, 0.15) is 40.9 Å². The number of aryl methyl sites for hydroxylation is 1. The fourth-order valence-electron chi connectivity index (χ4n) is 2.43. The van der Waals surface area contributed by atoms with E-state index in [1.165, 1.54) is 5.56 Å². The van der Waals surface area contributed by atoms with Gasteiger partial charge in [0.2, 0.25) is 0 Å². The Bertz CT molecular complexity index is 670. The Morgan fingerprint density at radius 2 is 2.00 bits per heavy atom. The standard InChI is InChI=1S/C18H20ClNO2/c1-4-16(14-8-6-5-7-12(14)2)20-18(21)13-9-10-17(22-3)15(19)11-13/h5-11,16H,4H2,1-3H3,(H,20,21)/t16-/m0/s1. The summed E-state index contributed by atoms with van der Waals surface area (Å²) in [4.78, 5) is 12.4. The molecule has 0 saturated carbocycles. The summed E-state index contributed by atoms with van der Waals surface area (Å²) in [5.41, 5.74) is 2.83. The van der Waals surface area contributed by atoms with Crippen molar-refractivity contribution < 1.29 is 9.53 Å². The molecule has 0 fully saturated rings. The highest BCUT2D eigenvalue weighted by Crippen LogP contribution is 2.26. The lowest BCUT2D eigenvalue weighted by Crippen LogP contribution is -2.28. The topological polar surface area (TPSA) is 38.3 Å². The highest BCUT2D eigenvalue weighted by atomic mass is 35.5. The molecule has 1 N–H and O–H groups in total. The van der Waals surface area contributed by atoms with Gasteiger partial charge in [-0.2, -0.15) is 0 Å². The number of methoxy groups -OCH3 is 1. The average Bonchev–Trinajstić information content (AvgIpc) is 2.53. The molecule has 2 aromatic carbocycles. The molecule has 1 amide bonds. The fourth-order valence-corrected chi connectivity index (χ4v) is 2.68. The molecule has 0 heterocycles. The second-order valence-corrected chi connectivity index (χ2v) is 5.55. The molecule has 0 aliphatic rings. The van der Waals surface area contributed by atoms with E-state index >= 15 is 0 Å². The Hall–Kier alpha value is -2.00. The van der Waals surface area contributed by atoms with Gasteiger partial charge >= 0.3 is 0 Å². The maximum atomic E-state index is 12.4. The quantitative estimate of drug-likeness (QED) is 0.879. The summed E-state index contributed by atoms with van der Waals surface area (Å²) in [6.45, 7) is 4.10. The van der Waals surface area contributed by atoms with E-state index in [-0.39, 0.29) is 11.9 Å². The minimum atomic E-state index is -0.139. The van der Waals surface area contributed by atoms with Crippen LogP contribution in [0.3, 0.4) is 0 Å². The van der Waals surface area contributed by atoms with E-state index in [1.807, 2.05) is 31.2 Å². The first-order valence-electron chi connectivity index (χ1n) is 7.26. The smallest absolute Gasteiger partial charge is 0.251 e. The van der Waals surface area contributed by atoms with Crippen molar-refractivity contribution in [1.29, 1.82) is 0 Å². The monoisotopic (exact) mass is 317 g/mol. The van der Waals surface area contributed by atoms with Crippen LogP contribution in [0.4, 0.5) is 0 Å². The molecule has 3 nitrogen and oxygen atoms in total. The first-order chi connectivity index (χ1) is 10.6. The van der Waals surface area contributed by atoms with Crippen LogP contribution in [0, 0.1) is 6.92 Å². The van der Waals surface area contributed by atoms with Gasteiger partial charge in [-0.1, -0.05) is 42.8 Å². The molecule has 2 aromatic rings. The molecule has 2 rings (SSSR count). The van der Waals surface area contributed by atoms with Gasteiger partial charge in [0.15, 0.2) is 0 Å². The fraction of sp³-hybridized carbons (Fsp3) is 0.278. The number of carbonyl (C=O) groups excluding carboxylic acids is 1. The third-order valence-electron chi connectivity index (χ3n) is 3.69. The number of rotatable bonds is 5. The normalized spacial score (nSPS) is 11.8. The van der Waals surface area contributed by atoms with Crippen LogP contribution in [0.25, 0.3) is 0 Å². The second-order valence-electron chi connectivity index (χ2n) is 5.14.